The predicted molar refractivity (Wildman–Crippen MR) is 42.8 cm³/mol. The summed E-state index contributed by atoms with van der Waals surface area (Å²) in [7, 11) is 1.31. The number of rotatable bonds is 3. The van der Waals surface area contributed by atoms with Gasteiger partial charge < -0.3 is 4.74 Å². The number of nitro groups is 1. The maximum atomic E-state index is 10.4. The number of aromatic nitrogens is 1. The molecule has 1 heterocycles. The van der Waals surface area contributed by atoms with Crippen LogP contribution in [-0.4, -0.2) is 23.3 Å². The zero-order chi connectivity index (χ0) is 9.84. The number of methoxy groups -OCH3 is 1. The molecule has 1 aromatic heterocycles. The molecule has 0 aliphatic heterocycles. The van der Waals surface area contributed by atoms with Gasteiger partial charge in [-0.15, -0.1) is 0 Å². The Bertz CT molecular complexity index is 350. The zero-order valence-electron chi connectivity index (χ0n) is 6.76. The van der Waals surface area contributed by atoms with Gasteiger partial charge in [0.2, 0.25) is 0 Å². The minimum atomic E-state index is -0.607. The lowest BCUT2D eigenvalue weighted by Gasteiger charge is -2.00. The number of carbonyl (C=O) groups is 1. The molecule has 0 atom stereocenters. The third-order valence-electron chi connectivity index (χ3n) is 1.41. The van der Waals surface area contributed by atoms with Gasteiger partial charge in [-0.25, -0.2) is 4.98 Å². The van der Waals surface area contributed by atoms with Gasteiger partial charge in [0.05, 0.1) is 18.1 Å². The van der Waals surface area contributed by atoms with Crippen LogP contribution in [0.25, 0.3) is 0 Å². The van der Waals surface area contributed by atoms with Gasteiger partial charge in [0.15, 0.2) is 12.0 Å². The van der Waals surface area contributed by atoms with E-state index in [4.69, 9.17) is 4.74 Å². The van der Waals surface area contributed by atoms with Crippen molar-refractivity contribution in [3.8, 4) is 5.75 Å². The maximum absolute atomic E-state index is 10.4. The molecule has 6 nitrogen and oxygen atoms in total. The molecule has 1 rings (SSSR count). The highest BCUT2D eigenvalue weighted by atomic mass is 16.6. The molecule has 1 aromatic rings. The van der Waals surface area contributed by atoms with E-state index < -0.39 is 4.92 Å². The van der Waals surface area contributed by atoms with Crippen molar-refractivity contribution in [3.05, 3.63) is 28.1 Å². The van der Waals surface area contributed by atoms with Gasteiger partial charge in [-0.1, -0.05) is 0 Å². The van der Waals surface area contributed by atoms with E-state index in [9.17, 15) is 14.9 Å². The summed E-state index contributed by atoms with van der Waals surface area (Å²) in [4.78, 5) is 23.6. The zero-order valence-corrected chi connectivity index (χ0v) is 6.76. The van der Waals surface area contributed by atoms with Gasteiger partial charge in [0.1, 0.15) is 11.9 Å². The Balaban J connectivity index is 3.20. The Hall–Kier alpha value is -1.98. The number of hydrogen-bond donors (Lipinski definition) is 0. The Morgan fingerprint density at radius 1 is 1.69 bits per heavy atom. The smallest absolute Gasteiger partial charge is 0.291 e. The van der Waals surface area contributed by atoms with Crippen LogP contribution in [0.15, 0.2) is 12.3 Å². The summed E-state index contributed by atoms with van der Waals surface area (Å²) in [6, 6.07) is 1.15. The van der Waals surface area contributed by atoms with Crippen LogP contribution in [0.5, 0.6) is 5.75 Å². The van der Waals surface area contributed by atoms with Crippen LogP contribution in [0.2, 0.25) is 0 Å². The fourth-order valence-electron chi connectivity index (χ4n) is 0.797. The molecule has 0 aromatic carbocycles. The second-order valence-electron chi connectivity index (χ2n) is 2.16. The van der Waals surface area contributed by atoms with E-state index >= 15 is 0 Å². The van der Waals surface area contributed by atoms with Crippen LogP contribution in [0, 0.1) is 10.1 Å². The molecular formula is C7H6N2O4. The highest BCUT2D eigenvalue weighted by molar-refractivity contribution is 5.76. The first kappa shape index (κ1) is 9.11. The molecule has 0 aliphatic rings. The second kappa shape index (κ2) is 3.61. The lowest BCUT2D eigenvalue weighted by molar-refractivity contribution is -0.385. The van der Waals surface area contributed by atoms with Crippen molar-refractivity contribution in [3.63, 3.8) is 0 Å². The van der Waals surface area contributed by atoms with Crippen molar-refractivity contribution >= 4 is 12.0 Å². The summed E-state index contributed by atoms with van der Waals surface area (Å²) in [6.45, 7) is 0. The lowest BCUT2D eigenvalue weighted by Crippen LogP contribution is -1.96. The summed E-state index contributed by atoms with van der Waals surface area (Å²) in [5.41, 5.74) is -0.157. The molecule has 0 bridgehead atoms. The van der Waals surface area contributed by atoms with E-state index in [-0.39, 0.29) is 17.1 Å². The monoisotopic (exact) mass is 182 g/mol. The molecule has 0 amide bonds. The fraction of sp³-hybridized carbons (Fsp3) is 0.143. The Morgan fingerprint density at radius 3 is 2.85 bits per heavy atom. The van der Waals surface area contributed by atoms with Crippen molar-refractivity contribution in [2.24, 2.45) is 0 Å². The molecule has 0 radical (unpaired) electrons. The van der Waals surface area contributed by atoms with Gasteiger partial charge in [-0.2, -0.15) is 0 Å². The van der Waals surface area contributed by atoms with E-state index in [1.54, 1.807) is 0 Å². The highest BCUT2D eigenvalue weighted by Crippen LogP contribution is 2.20. The van der Waals surface area contributed by atoms with Gasteiger partial charge in [-0.3, -0.25) is 14.9 Å². The molecule has 13 heavy (non-hydrogen) atoms. The van der Waals surface area contributed by atoms with E-state index in [0.717, 1.165) is 12.3 Å². The van der Waals surface area contributed by atoms with Crippen LogP contribution < -0.4 is 4.74 Å². The minimum absolute atomic E-state index is 0.0492. The maximum Gasteiger partial charge on any atom is 0.291 e. The quantitative estimate of drug-likeness (QED) is 0.392. The van der Waals surface area contributed by atoms with E-state index in [0.29, 0.717) is 6.29 Å². The number of nitrogens with zero attached hydrogens (tertiary/aromatic N) is 2. The SMILES string of the molecule is COc1cc([N+](=O)[O-])cnc1C=O. The minimum Gasteiger partial charge on any atom is -0.494 e. The number of pyridine rings is 1. The number of aldehydes is 1. The van der Waals surface area contributed by atoms with Crippen molar-refractivity contribution in [1.82, 2.24) is 4.98 Å². The first-order valence-electron chi connectivity index (χ1n) is 3.32. The molecule has 0 saturated heterocycles. The largest absolute Gasteiger partial charge is 0.494 e. The highest BCUT2D eigenvalue weighted by Gasteiger charge is 2.11. The normalized spacial score (nSPS) is 9.31. The topological polar surface area (TPSA) is 82.3 Å². The Kier molecular flexibility index (Phi) is 2.53. The number of carbonyl (C=O) groups excluding carboxylic acids is 1. The van der Waals surface area contributed by atoms with Crippen molar-refractivity contribution < 1.29 is 14.5 Å². The average molecular weight is 182 g/mol. The first-order chi connectivity index (χ1) is 6.19. The molecule has 0 fully saturated rings. The number of ether oxygens (including phenoxy) is 1. The summed E-state index contributed by atoms with van der Waals surface area (Å²) >= 11 is 0. The summed E-state index contributed by atoms with van der Waals surface area (Å²) in [5.74, 6) is 0.101. The van der Waals surface area contributed by atoms with Crippen LogP contribution >= 0.6 is 0 Å². The second-order valence-corrected chi connectivity index (χ2v) is 2.16. The molecule has 0 N–H and O–H groups in total. The molecule has 68 valence electrons. The van der Waals surface area contributed by atoms with Crippen LogP contribution in [0.3, 0.4) is 0 Å². The Labute approximate surface area is 73.3 Å². The standard InChI is InChI=1S/C7H6N2O4/c1-13-7-2-5(9(11)12)3-8-6(7)4-10/h2-4H,1H3. The molecular weight excluding hydrogens is 176 g/mol. The lowest BCUT2D eigenvalue weighted by atomic mass is 10.3. The van der Waals surface area contributed by atoms with Crippen LogP contribution in [-0.2, 0) is 0 Å². The van der Waals surface area contributed by atoms with Crippen LogP contribution in [0.4, 0.5) is 5.69 Å². The van der Waals surface area contributed by atoms with Crippen molar-refractivity contribution in [2.75, 3.05) is 7.11 Å². The summed E-state index contributed by atoms with van der Waals surface area (Å²) in [6.07, 6.45) is 1.48. The molecule has 0 spiro atoms. The fourth-order valence-corrected chi connectivity index (χ4v) is 0.797. The van der Waals surface area contributed by atoms with Gasteiger partial charge in [0, 0.05) is 0 Å². The Morgan fingerprint density at radius 2 is 2.38 bits per heavy atom. The van der Waals surface area contributed by atoms with Crippen LogP contribution in [0.1, 0.15) is 10.5 Å². The van der Waals surface area contributed by atoms with Gasteiger partial charge in [-0.05, 0) is 0 Å². The van der Waals surface area contributed by atoms with Crippen molar-refractivity contribution in [2.45, 2.75) is 0 Å². The third kappa shape index (κ3) is 1.78. The third-order valence-corrected chi connectivity index (χ3v) is 1.41. The van der Waals surface area contributed by atoms with Gasteiger partial charge in [0.25, 0.3) is 5.69 Å². The predicted octanol–water partition coefficient (Wildman–Crippen LogP) is 0.811. The molecule has 0 saturated carbocycles. The van der Waals surface area contributed by atoms with Gasteiger partial charge >= 0.3 is 0 Å². The average Bonchev–Trinajstić information content (AvgIpc) is 2.16. The summed E-state index contributed by atoms with van der Waals surface area (Å²) in [5, 5.41) is 10.3. The van der Waals surface area contributed by atoms with Crippen molar-refractivity contribution in [1.29, 1.82) is 0 Å². The first-order valence-corrected chi connectivity index (χ1v) is 3.32. The molecule has 0 aliphatic carbocycles. The van der Waals surface area contributed by atoms with E-state index in [1.807, 2.05) is 0 Å². The number of hydrogen-bond acceptors (Lipinski definition) is 5. The van der Waals surface area contributed by atoms with E-state index in [1.165, 1.54) is 7.11 Å². The summed E-state index contributed by atoms with van der Waals surface area (Å²) < 4.78 is 4.73. The molecule has 6 heteroatoms. The molecule has 0 unspecified atom stereocenters. The van der Waals surface area contributed by atoms with E-state index in [2.05, 4.69) is 4.98 Å².